The van der Waals surface area contributed by atoms with Crippen molar-refractivity contribution in [3.8, 4) is 0 Å². The van der Waals surface area contributed by atoms with Gasteiger partial charge in [-0.3, -0.25) is 4.68 Å². The van der Waals surface area contributed by atoms with E-state index in [4.69, 9.17) is 5.11 Å². The van der Waals surface area contributed by atoms with Crippen molar-refractivity contribution in [3.05, 3.63) is 17.5 Å². The summed E-state index contributed by atoms with van der Waals surface area (Å²) in [5, 5.41) is 18.3. The fourth-order valence-corrected chi connectivity index (χ4v) is 2.17. The predicted octanol–water partition coefficient (Wildman–Crippen LogP) is 0.734. The molecule has 0 fully saturated rings. The molecule has 0 bridgehead atoms. The lowest BCUT2D eigenvalue weighted by Crippen LogP contribution is -2.46. The zero-order chi connectivity index (χ0) is 15.1. The van der Waals surface area contributed by atoms with E-state index in [1.165, 1.54) is 0 Å². The van der Waals surface area contributed by atoms with Gasteiger partial charge in [0.05, 0.1) is 5.69 Å². The van der Waals surface area contributed by atoms with E-state index in [9.17, 15) is 9.59 Å². The van der Waals surface area contributed by atoms with Gasteiger partial charge in [0.2, 0.25) is 0 Å². The molecule has 0 radical (unpaired) electrons. The highest BCUT2D eigenvalue weighted by atomic mass is 32.2. The number of carbonyl (C=O) groups excluding carboxylic acids is 1. The minimum Gasteiger partial charge on any atom is -0.480 e. The van der Waals surface area contributed by atoms with Crippen LogP contribution in [0, 0.1) is 6.92 Å². The van der Waals surface area contributed by atoms with Gasteiger partial charge in [-0.1, -0.05) is 0 Å². The lowest BCUT2D eigenvalue weighted by Gasteiger charge is -2.14. The van der Waals surface area contributed by atoms with Gasteiger partial charge in [0, 0.05) is 25.4 Å². The molecule has 1 aromatic heterocycles. The number of amides is 2. The lowest BCUT2D eigenvalue weighted by atomic mass is 10.2. The van der Waals surface area contributed by atoms with Gasteiger partial charge in [0.25, 0.3) is 0 Å². The van der Waals surface area contributed by atoms with Gasteiger partial charge in [0.1, 0.15) is 6.04 Å². The molecular weight excluding hydrogens is 280 g/mol. The third kappa shape index (κ3) is 5.12. The quantitative estimate of drug-likeness (QED) is 0.690. The molecule has 0 saturated carbocycles. The SMILES string of the molecule is CSCCC(NC(=O)NCc1cn(C)nc1C)C(=O)O. The van der Waals surface area contributed by atoms with Crippen molar-refractivity contribution in [1.29, 1.82) is 0 Å². The van der Waals surface area contributed by atoms with Crippen LogP contribution >= 0.6 is 11.8 Å². The Bertz CT molecular complexity index is 475. The molecule has 112 valence electrons. The van der Waals surface area contributed by atoms with E-state index in [2.05, 4.69) is 15.7 Å². The highest BCUT2D eigenvalue weighted by Gasteiger charge is 2.19. The number of rotatable bonds is 7. The van der Waals surface area contributed by atoms with Crippen LogP contribution < -0.4 is 10.6 Å². The van der Waals surface area contributed by atoms with Crippen LogP contribution in [0.3, 0.4) is 0 Å². The summed E-state index contributed by atoms with van der Waals surface area (Å²) in [6, 6.07) is -1.35. The molecule has 1 heterocycles. The predicted molar refractivity (Wildman–Crippen MR) is 77.7 cm³/mol. The third-order valence-electron chi connectivity index (χ3n) is 2.77. The molecule has 0 aromatic carbocycles. The fourth-order valence-electron chi connectivity index (χ4n) is 1.70. The van der Waals surface area contributed by atoms with E-state index in [-0.39, 0.29) is 0 Å². The van der Waals surface area contributed by atoms with Crippen LogP contribution in [-0.4, -0.2) is 44.9 Å². The first kappa shape index (κ1) is 16.4. The first-order valence-corrected chi connectivity index (χ1v) is 7.58. The summed E-state index contributed by atoms with van der Waals surface area (Å²) in [4.78, 5) is 22.7. The van der Waals surface area contributed by atoms with Crippen LogP contribution in [0.2, 0.25) is 0 Å². The van der Waals surface area contributed by atoms with Crippen molar-refractivity contribution in [2.45, 2.75) is 25.9 Å². The molecule has 1 rings (SSSR count). The summed E-state index contributed by atoms with van der Waals surface area (Å²) in [5.41, 5.74) is 1.74. The van der Waals surface area contributed by atoms with Crippen molar-refractivity contribution >= 4 is 23.8 Å². The molecule has 0 aliphatic rings. The van der Waals surface area contributed by atoms with Crippen molar-refractivity contribution in [2.24, 2.45) is 7.05 Å². The van der Waals surface area contributed by atoms with Gasteiger partial charge in [0.15, 0.2) is 0 Å². The molecule has 7 nitrogen and oxygen atoms in total. The molecule has 2 amide bonds. The maximum absolute atomic E-state index is 11.7. The number of thioether (sulfide) groups is 1. The first-order valence-electron chi connectivity index (χ1n) is 6.19. The van der Waals surface area contributed by atoms with E-state index >= 15 is 0 Å². The van der Waals surface area contributed by atoms with E-state index < -0.39 is 18.0 Å². The molecular formula is C12H20N4O3S. The van der Waals surface area contributed by atoms with Crippen molar-refractivity contribution < 1.29 is 14.7 Å². The number of nitrogens with zero attached hydrogens (tertiary/aromatic N) is 2. The molecule has 3 N–H and O–H groups in total. The third-order valence-corrected chi connectivity index (χ3v) is 3.41. The highest BCUT2D eigenvalue weighted by Crippen LogP contribution is 2.04. The van der Waals surface area contributed by atoms with Crippen molar-refractivity contribution in [1.82, 2.24) is 20.4 Å². The van der Waals surface area contributed by atoms with Crippen molar-refractivity contribution in [2.75, 3.05) is 12.0 Å². The van der Waals surface area contributed by atoms with E-state index in [0.717, 1.165) is 11.3 Å². The number of aliphatic carboxylic acids is 1. The topological polar surface area (TPSA) is 96.3 Å². The molecule has 1 unspecified atom stereocenters. The largest absolute Gasteiger partial charge is 0.480 e. The Labute approximate surface area is 122 Å². The van der Waals surface area contributed by atoms with Gasteiger partial charge in [-0.25, -0.2) is 9.59 Å². The Morgan fingerprint density at radius 2 is 2.25 bits per heavy atom. The average molecular weight is 300 g/mol. The van der Waals surface area contributed by atoms with Gasteiger partial charge < -0.3 is 15.7 Å². The molecule has 1 aromatic rings. The van der Waals surface area contributed by atoms with Crippen LogP contribution in [0.15, 0.2) is 6.20 Å². The number of nitrogens with one attached hydrogen (secondary N) is 2. The summed E-state index contributed by atoms with van der Waals surface area (Å²) in [7, 11) is 1.81. The number of urea groups is 1. The number of aryl methyl sites for hydroxylation is 2. The lowest BCUT2D eigenvalue weighted by molar-refractivity contribution is -0.139. The standard InChI is InChI=1S/C12H20N4O3S/c1-8-9(7-16(2)15-8)6-13-12(19)14-10(11(17)18)4-5-20-3/h7,10H,4-6H2,1-3H3,(H,17,18)(H2,13,14,19). The second kappa shape index (κ2) is 7.78. The highest BCUT2D eigenvalue weighted by molar-refractivity contribution is 7.98. The maximum atomic E-state index is 11.7. The van der Waals surface area contributed by atoms with Gasteiger partial charge in [-0.05, 0) is 25.4 Å². The molecule has 0 saturated heterocycles. The molecule has 20 heavy (non-hydrogen) atoms. The summed E-state index contributed by atoms with van der Waals surface area (Å²) < 4.78 is 1.67. The Kier molecular flexibility index (Phi) is 6.37. The Balaban J connectivity index is 2.45. The first-order chi connectivity index (χ1) is 9.43. The number of carboxylic acid groups (broad SMARTS) is 1. The van der Waals surface area contributed by atoms with E-state index in [1.54, 1.807) is 23.5 Å². The Morgan fingerprint density at radius 1 is 1.55 bits per heavy atom. The summed E-state index contributed by atoms with van der Waals surface area (Å²) in [6.07, 6.45) is 4.11. The molecule has 0 aliphatic carbocycles. The summed E-state index contributed by atoms with van der Waals surface area (Å²) in [6.45, 7) is 2.17. The Hall–Kier alpha value is -1.70. The van der Waals surface area contributed by atoms with Crippen molar-refractivity contribution in [3.63, 3.8) is 0 Å². The second-order valence-electron chi connectivity index (χ2n) is 4.41. The van der Waals surface area contributed by atoms with Crippen LogP contribution in [-0.2, 0) is 18.4 Å². The van der Waals surface area contributed by atoms with Gasteiger partial charge in [-0.15, -0.1) is 0 Å². The van der Waals surface area contributed by atoms with Gasteiger partial charge >= 0.3 is 12.0 Å². The normalized spacial score (nSPS) is 11.9. The zero-order valence-corrected chi connectivity index (χ0v) is 12.7. The van der Waals surface area contributed by atoms with E-state index in [1.807, 2.05) is 19.4 Å². The number of aromatic nitrogens is 2. The number of carbonyl (C=O) groups is 2. The van der Waals surface area contributed by atoms with Crippen LogP contribution in [0.25, 0.3) is 0 Å². The van der Waals surface area contributed by atoms with Gasteiger partial charge in [-0.2, -0.15) is 16.9 Å². The number of hydrogen-bond acceptors (Lipinski definition) is 4. The molecule has 8 heteroatoms. The molecule has 1 atom stereocenters. The summed E-state index contributed by atoms with van der Waals surface area (Å²) >= 11 is 1.54. The zero-order valence-electron chi connectivity index (χ0n) is 11.8. The number of carboxylic acids is 1. The smallest absolute Gasteiger partial charge is 0.326 e. The summed E-state index contributed by atoms with van der Waals surface area (Å²) in [5.74, 6) is -0.342. The molecule has 0 aliphatic heterocycles. The maximum Gasteiger partial charge on any atom is 0.326 e. The minimum atomic E-state index is -1.02. The monoisotopic (exact) mass is 300 g/mol. The second-order valence-corrected chi connectivity index (χ2v) is 5.40. The Morgan fingerprint density at radius 3 is 2.75 bits per heavy atom. The average Bonchev–Trinajstić information content (AvgIpc) is 2.70. The van der Waals surface area contributed by atoms with Crippen LogP contribution in [0.1, 0.15) is 17.7 Å². The number of hydrogen-bond donors (Lipinski definition) is 3. The van der Waals surface area contributed by atoms with E-state index in [0.29, 0.717) is 18.7 Å². The van der Waals surface area contributed by atoms with Crippen LogP contribution in [0.4, 0.5) is 4.79 Å². The fraction of sp³-hybridized carbons (Fsp3) is 0.583. The van der Waals surface area contributed by atoms with Crippen LogP contribution in [0.5, 0.6) is 0 Å². The minimum absolute atomic E-state index is 0.320. The molecule has 0 spiro atoms.